The molecule has 2 heteroatoms. The van der Waals surface area contributed by atoms with Crippen LogP contribution in [0, 0.1) is 0 Å². The largest absolute Gasteiger partial charge is 0.231 e. The van der Waals surface area contributed by atoms with Crippen molar-refractivity contribution in [3.63, 3.8) is 0 Å². The van der Waals surface area contributed by atoms with Crippen LogP contribution in [0.2, 0.25) is 0 Å². The normalized spacial score (nSPS) is 13.1. The second kappa shape index (κ2) is 11.3. The fraction of sp³-hybridized carbons (Fsp3) is 0.0612. The van der Waals surface area contributed by atoms with E-state index >= 15 is 0 Å². The highest BCUT2D eigenvalue weighted by molar-refractivity contribution is 6.19. The van der Waals surface area contributed by atoms with Gasteiger partial charge in [-0.2, -0.15) is 0 Å². The van der Waals surface area contributed by atoms with E-state index in [4.69, 9.17) is 9.97 Å². The van der Waals surface area contributed by atoms with Gasteiger partial charge in [0.15, 0.2) is 5.82 Å². The van der Waals surface area contributed by atoms with Gasteiger partial charge in [0.2, 0.25) is 0 Å². The Morgan fingerprint density at radius 3 is 1.65 bits per heavy atom. The first-order valence-electron chi connectivity index (χ1n) is 17.7. The Morgan fingerprint density at radius 2 is 0.902 bits per heavy atom. The molecule has 0 bridgehead atoms. The number of rotatable bonds is 4. The van der Waals surface area contributed by atoms with Crippen molar-refractivity contribution in [1.82, 2.24) is 9.97 Å². The molecule has 0 amide bonds. The van der Waals surface area contributed by atoms with Crippen molar-refractivity contribution < 1.29 is 0 Å². The zero-order chi connectivity index (χ0) is 34.1. The number of nitrogens with zero attached hydrogens (tertiary/aromatic N) is 2. The maximum Gasteiger partial charge on any atom is 0.160 e. The monoisotopic (exact) mass is 650 g/mol. The molecule has 1 heterocycles. The summed E-state index contributed by atoms with van der Waals surface area (Å²) < 4.78 is 0. The van der Waals surface area contributed by atoms with Crippen molar-refractivity contribution in [2.45, 2.75) is 19.3 Å². The minimum absolute atomic E-state index is 0.368. The summed E-state index contributed by atoms with van der Waals surface area (Å²) in [4.78, 5) is 11.1. The molecule has 0 aliphatic heterocycles. The second-order valence-corrected chi connectivity index (χ2v) is 14.1. The van der Waals surface area contributed by atoms with Gasteiger partial charge in [0.1, 0.15) is 0 Å². The molecule has 9 aromatic rings. The van der Waals surface area contributed by atoms with Crippen LogP contribution >= 0.6 is 0 Å². The molecule has 1 aliphatic carbocycles. The van der Waals surface area contributed by atoms with Gasteiger partial charge in [0.25, 0.3) is 0 Å². The van der Waals surface area contributed by atoms with Crippen LogP contribution in [0.25, 0.3) is 88.3 Å². The molecule has 0 unspecified atom stereocenters. The Labute approximate surface area is 297 Å². The number of benzene rings is 8. The molecular formula is C49H34N2. The van der Waals surface area contributed by atoms with Crippen LogP contribution in [0.1, 0.15) is 25.1 Å². The molecule has 0 fully saturated rings. The van der Waals surface area contributed by atoms with Crippen molar-refractivity contribution in [2.75, 3.05) is 0 Å². The summed E-state index contributed by atoms with van der Waals surface area (Å²) in [6, 6.07) is 61.0. The van der Waals surface area contributed by atoms with Crippen LogP contribution in [0.5, 0.6) is 0 Å². The summed E-state index contributed by atoms with van der Waals surface area (Å²) >= 11 is 0. The van der Waals surface area contributed by atoms with E-state index in [1.807, 2.05) is 0 Å². The van der Waals surface area contributed by atoms with E-state index in [0.29, 0.717) is 0 Å². The smallest absolute Gasteiger partial charge is 0.160 e. The second-order valence-electron chi connectivity index (χ2n) is 14.1. The van der Waals surface area contributed by atoms with Gasteiger partial charge in [-0.25, -0.2) is 9.97 Å². The van der Waals surface area contributed by atoms with Crippen LogP contribution in [0.4, 0.5) is 0 Å². The van der Waals surface area contributed by atoms with Crippen molar-refractivity contribution in [3.8, 4) is 56.0 Å². The maximum absolute atomic E-state index is 5.58. The molecule has 1 aliphatic rings. The highest BCUT2D eigenvalue weighted by Crippen LogP contribution is 2.56. The minimum atomic E-state index is -0.368. The summed E-state index contributed by atoms with van der Waals surface area (Å²) in [5, 5.41) is 7.38. The first-order chi connectivity index (χ1) is 25.1. The summed E-state index contributed by atoms with van der Waals surface area (Å²) in [5.41, 5.74) is 12.3. The van der Waals surface area contributed by atoms with Crippen LogP contribution in [0.15, 0.2) is 170 Å². The highest BCUT2D eigenvalue weighted by atomic mass is 14.9. The Hall–Kier alpha value is -6.38. The van der Waals surface area contributed by atoms with Crippen molar-refractivity contribution in [2.24, 2.45) is 0 Å². The van der Waals surface area contributed by atoms with Gasteiger partial charge >= 0.3 is 0 Å². The zero-order valence-electron chi connectivity index (χ0n) is 28.6. The molecule has 51 heavy (non-hydrogen) atoms. The Morgan fingerprint density at radius 1 is 0.392 bits per heavy atom. The zero-order valence-corrected chi connectivity index (χ0v) is 28.6. The van der Waals surface area contributed by atoms with E-state index in [1.54, 1.807) is 0 Å². The van der Waals surface area contributed by atoms with Crippen molar-refractivity contribution in [1.29, 1.82) is 0 Å². The number of aromatic nitrogens is 2. The van der Waals surface area contributed by atoms with E-state index < -0.39 is 0 Å². The molecule has 0 spiro atoms. The van der Waals surface area contributed by atoms with Crippen molar-refractivity contribution in [3.05, 3.63) is 181 Å². The molecule has 0 saturated heterocycles. The molecule has 0 atom stereocenters. The van der Waals surface area contributed by atoms with E-state index in [2.05, 4.69) is 184 Å². The lowest BCUT2D eigenvalue weighted by Crippen LogP contribution is -2.18. The lowest BCUT2D eigenvalue weighted by atomic mass is 9.81. The van der Waals surface area contributed by atoms with E-state index in [0.717, 1.165) is 44.9 Å². The first kappa shape index (κ1) is 29.5. The minimum Gasteiger partial charge on any atom is -0.231 e. The molecule has 0 radical (unpaired) electrons. The number of fused-ring (bicyclic) bond motifs is 9. The third-order valence-electron chi connectivity index (χ3n) is 10.8. The highest BCUT2D eigenvalue weighted by Gasteiger charge is 2.42. The Balaban J connectivity index is 1.28. The van der Waals surface area contributed by atoms with Crippen LogP contribution in [-0.2, 0) is 5.41 Å². The SMILES string of the molecule is CC1(C)c2nc(-c3cccc4ccccc34)nc(-c3cccc(-c4cccc(-c5ccccc5)c4)c3)c2-c2c1c1ccccc1c1ccccc21. The van der Waals surface area contributed by atoms with E-state index in [1.165, 1.54) is 54.7 Å². The molecule has 1 aromatic heterocycles. The molecule has 8 aromatic carbocycles. The molecule has 0 saturated carbocycles. The first-order valence-corrected chi connectivity index (χ1v) is 17.7. The topological polar surface area (TPSA) is 25.8 Å². The van der Waals surface area contributed by atoms with E-state index in [-0.39, 0.29) is 5.41 Å². The standard InChI is InChI=1S/C49H34N2/c1-49(2)45-41-27-11-9-25-39(41)38-24-8-10-26-40(38)43(45)44-46(50-48(51-47(44)49)42-28-14-18-32-17-6-7-23-37(32)42)36-22-13-21-35(30-36)34-20-12-19-33(29-34)31-15-4-3-5-16-31/h3-30H,1-2H3. The van der Waals surface area contributed by atoms with Gasteiger partial charge in [-0.3, -0.25) is 0 Å². The van der Waals surface area contributed by atoms with Gasteiger partial charge < -0.3 is 0 Å². The fourth-order valence-electron chi connectivity index (χ4n) is 8.42. The lowest BCUT2D eigenvalue weighted by molar-refractivity contribution is 0.641. The quantitative estimate of drug-likeness (QED) is 0.177. The average molecular weight is 651 g/mol. The summed E-state index contributed by atoms with van der Waals surface area (Å²) in [6.07, 6.45) is 0. The third kappa shape index (κ3) is 4.57. The summed E-state index contributed by atoms with van der Waals surface area (Å²) in [6.45, 7) is 4.68. The third-order valence-corrected chi connectivity index (χ3v) is 10.8. The van der Waals surface area contributed by atoms with Gasteiger partial charge in [0.05, 0.1) is 11.4 Å². The van der Waals surface area contributed by atoms with Gasteiger partial charge in [0, 0.05) is 22.1 Å². The number of hydrogen-bond acceptors (Lipinski definition) is 2. The van der Waals surface area contributed by atoms with Crippen LogP contribution in [0.3, 0.4) is 0 Å². The van der Waals surface area contributed by atoms with Gasteiger partial charge in [-0.1, -0.05) is 172 Å². The molecule has 10 rings (SSSR count). The van der Waals surface area contributed by atoms with Gasteiger partial charge in [-0.05, 0) is 77.8 Å². The Kier molecular flexibility index (Phi) is 6.56. The summed E-state index contributed by atoms with van der Waals surface area (Å²) in [5.74, 6) is 0.756. The van der Waals surface area contributed by atoms with Crippen LogP contribution in [-0.4, -0.2) is 9.97 Å². The lowest BCUT2D eigenvalue weighted by Gasteiger charge is -2.23. The van der Waals surface area contributed by atoms with Gasteiger partial charge in [-0.15, -0.1) is 0 Å². The Bertz CT molecular complexity index is 2820. The average Bonchev–Trinajstić information content (AvgIpc) is 3.44. The van der Waals surface area contributed by atoms with Crippen LogP contribution < -0.4 is 0 Å². The van der Waals surface area contributed by atoms with E-state index in [9.17, 15) is 0 Å². The molecular weight excluding hydrogens is 617 g/mol. The molecule has 2 nitrogen and oxygen atoms in total. The number of hydrogen-bond donors (Lipinski definition) is 0. The van der Waals surface area contributed by atoms with Crippen molar-refractivity contribution >= 4 is 32.3 Å². The fourth-order valence-corrected chi connectivity index (χ4v) is 8.42. The predicted octanol–water partition coefficient (Wildman–Crippen LogP) is 12.9. The maximum atomic E-state index is 5.58. The summed E-state index contributed by atoms with van der Waals surface area (Å²) in [7, 11) is 0. The molecule has 240 valence electrons. The predicted molar refractivity (Wildman–Crippen MR) is 214 cm³/mol. The molecule has 0 N–H and O–H groups in total.